The minimum Gasteiger partial charge on any atom is -0.394 e. The van der Waals surface area contributed by atoms with Crippen molar-refractivity contribution in [2.24, 2.45) is 4.99 Å². The second-order valence-corrected chi connectivity index (χ2v) is 6.84. The molecule has 3 aromatic rings. The molecule has 6 nitrogen and oxygen atoms in total. The smallest absolute Gasteiger partial charge is 0.153 e. The number of H-pyrrole nitrogens is 2. The molecule has 0 spiro atoms. The first-order chi connectivity index (χ1) is 11.7. The third-order valence-electron chi connectivity index (χ3n) is 5.25. The van der Waals surface area contributed by atoms with E-state index in [9.17, 15) is 5.11 Å². The lowest BCUT2D eigenvalue weighted by Gasteiger charge is -2.39. The topological polar surface area (TPSA) is 80.3 Å². The summed E-state index contributed by atoms with van der Waals surface area (Å²) in [6.45, 7) is 2.21. The highest BCUT2D eigenvalue weighted by molar-refractivity contribution is 5.91. The second kappa shape index (κ2) is 4.70. The number of benzene rings is 1. The van der Waals surface area contributed by atoms with Gasteiger partial charge in [0.15, 0.2) is 5.82 Å². The highest BCUT2D eigenvalue weighted by atomic mass is 16.3. The number of anilines is 1. The van der Waals surface area contributed by atoms with Crippen LogP contribution in [0.2, 0.25) is 0 Å². The first-order valence-corrected chi connectivity index (χ1v) is 8.28. The van der Waals surface area contributed by atoms with Gasteiger partial charge in [0.2, 0.25) is 0 Å². The molecule has 6 heteroatoms. The van der Waals surface area contributed by atoms with Crippen LogP contribution < -0.4 is 4.90 Å². The van der Waals surface area contributed by atoms with E-state index in [1.54, 1.807) is 0 Å². The average molecular weight is 321 g/mol. The number of rotatable bonds is 3. The van der Waals surface area contributed by atoms with Crippen molar-refractivity contribution in [3.8, 4) is 0 Å². The fourth-order valence-corrected chi connectivity index (χ4v) is 3.75. The van der Waals surface area contributed by atoms with E-state index in [0.717, 1.165) is 40.9 Å². The Morgan fingerprint density at radius 2 is 2.21 bits per heavy atom. The van der Waals surface area contributed by atoms with E-state index in [4.69, 9.17) is 0 Å². The molecule has 2 aromatic heterocycles. The number of aliphatic hydroxyl groups is 1. The van der Waals surface area contributed by atoms with Gasteiger partial charge < -0.3 is 15.0 Å². The Labute approximate surface area is 139 Å². The van der Waals surface area contributed by atoms with Gasteiger partial charge in [-0.3, -0.25) is 5.10 Å². The Morgan fingerprint density at radius 3 is 3.00 bits per heavy atom. The highest BCUT2D eigenvalue weighted by Crippen LogP contribution is 2.51. The third kappa shape index (κ3) is 1.80. The number of aromatic amines is 2. The first kappa shape index (κ1) is 13.8. The summed E-state index contributed by atoms with van der Waals surface area (Å²) >= 11 is 0. The molecule has 1 aliphatic carbocycles. The summed E-state index contributed by atoms with van der Waals surface area (Å²) in [6, 6.07) is 8.28. The maximum atomic E-state index is 10.0. The molecule has 0 amide bonds. The van der Waals surface area contributed by atoms with Gasteiger partial charge in [0, 0.05) is 17.8 Å². The molecule has 0 radical (unpaired) electrons. The van der Waals surface area contributed by atoms with Crippen molar-refractivity contribution in [1.82, 2.24) is 15.2 Å². The summed E-state index contributed by atoms with van der Waals surface area (Å²) in [6.07, 6.45) is 5.83. The molecule has 0 saturated heterocycles. The first-order valence-electron chi connectivity index (χ1n) is 8.28. The molecular formula is C18H19N5O. The van der Waals surface area contributed by atoms with E-state index in [2.05, 4.69) is 50.2 Å². The van der Waals surface area contributed by atoms with Gasteiger partial charge in [-0.05, 0) is 37.5 Å². The molecule has 3 heterocycles. The van der Waals surface area contributed by atoms with Crippen LogP contribution in [0.3, 0.4) is 0 Å². The van der Waals surface area contributed by atoms with E-state index >= 15 is 0 Å². The molecule has 1 saturated carbocycles. The van der Waals surface area contributed by atoms with Crippen molar-refractivity contribution >= 4 is 28.6 Å². The van der Waals surface area contributed by atoms with Crippen molar-refractivity contribution in [3.05, 3.63) is 41.7 Å². The molecule has 1 atom stereocenters. The standard InChI is InChI=1S/C18H19N5O/c1-11-2-3-12-13(8-11)21-22-16(12)15-9-20-17-14(4-7-19-17)23(15)18(10-24)5-6-18/h2-4,7-9,15,19,24H,5-6,10H2,1H3,(H,21,22). The number of hydrogen-bond acceptors (Lipinski definition) is 4. The summed E-state index contributed by atoms with van der Waals surface area (Å²) in [5.41, 5.74) is 4.03. The highest BCUT2D eigenvalue weighted by Gasteiger charge is 2.52. The van der Waals surface area contributed by atoms with Crippen LogP contribution >= 0.6 is 0 Å². The van der Waals surface area contributed by atoms with Crippen LogP contribution in [0.5, 0.6) is 0 Å². The predicted molar refractivity (Wildman–Crippen MR) is 94.0 cm³/mol. The molecule has 24 heavy (non-hydrogen) atoms. The molecule has 0 bridgehead atoms. The summed E-state index contributed by atoms with van der Waals surface area (Å²) in [7, 11) is 0. The van der Waals surface area contributed by atoms with Crippen LogP contribution in [0.1, 0.15) is 30.1 Å². The normalized spacial score (nSPS) is 21.2. The van der Waals surface area contributed by atoms with Gasteiger partial charge in [-0.25, -0.2) is 4.99 Å². The average Bonchev–Trinajstić information content (AvgIpc) is 3.04. The summed E-state index contributed by atoms with van der Waals surface area (Å²) in [5, 5.41) is 18.8. The molecule has 1 fully saturated rings. The van der Waals surface area contributed by atoms with E-state index in [1.807, 2.05) is 18.5 Å². The van der Waals surface area contributed by atoms with Gasteiger partial charge in [0.1, 0.15) is 6.04 Å². The Bertz CT molecular complexity index is 949. The Kier molecular flexibility index (Phi) is 2.71. The van der Waals surface area contributed by atoms with E-state index in [1.165, 1.54) is 5.56 Å². The summed E-state index contributed by atoms with van der Waals surface area (Å²) < 4.78 is 0. The van der Waals surface area contributed by atoms with Crippen LogP contribution in [0.25, 0.3) is 10.9 Å². The van der Waals surface area contributed by atoms with Crippen LogP contribution in [0.15, 0.2) is 35.5 Å². The van der Waals surface area contributed by atoms with E-state index in [0.29, 0.717) is 0 Å². The number of nitrogens with zero attached hydrogens (tertiary/aromatic N) is 3. The number of aryl methyl sites for hydroxylation is 1. The fraction of sp³-hybridized carbons (Fsp3) is 0.333. The molecule has 5 rings (SSSR count). The van der Waals surface area contributed by atoms with Gasteiger partial charge in [0.05, 0.1) is 29.0 Å². The lowest BCUT2D eigenvalue weighted by Crippen LogP contribution is -2.44. The molecule has 1 unspecified atom stereocenters. The molecule has 1 aliphatic heterocycles. The fourth-order valence-electron chi connectivity index (χ4n) is 3.75. The van der Waals surface area contributed by atoms with Gasteiger partial charge in [0.25, 0.3) is 0 Å². The maximum absolute atomic E-state index is 10.0. The van der Waals surface area contributed by atoms with Crippen LogP contribution in [0, 0.1) is 6.92 Å². The zero-order valence-electron chi connectivity index (χ0n) is 13.5. The van der Waals surface area contributed by atoms with Crippen molar-refractivity contribution in [3.63, 3.8) is 0 Å². The number of fused-ring (bicyclic) bond motifs is 2. The van der Waals surface area contributed by atoms with Crippen molar-refractivity contribution in [1.29, 1.82) is 0 Å². The summed E-state index contributed by atoms with van der Waals surface area (Å²) in [5.74, 6) is 0.852. The molecule has 122 valence electrons. The van der Waals surface area contributed by atoms with Crippen molar-refractivity contribution < 1.29 is 5.11 Å². The molecule has 2 aliphatic rings. The molecular weight excluding hydrogens is 302 g/mol. The van der Waals surface area contributed by atoms with Gasteiger partial charge in [-0.15, -0.1) is 0 Å². The Morgan fingerprint density at radius 1 is 1.33 bits per heavy atom. The number of aliphatic hydroxyl groups excluding tert-OH is 1. The van der Waals surface area contributed by atoms with E-state index < -0.39 is 0 Å². The Balaban J connectivity index is 1.68. The quantitative estimate of drug-likeness (QED) is 0.694. The summed E-state index contributed by atoms with van der Waals surface area (Å²) in [4.78, 5) is 10.1. The van der Waals surface area contributed by atoms with Crippen LogP contribution in [0.4, 0.5) is 11.5 Å². The number of nitrogens with one attached hydrogen (secondary N) is 2. The van der Waals surface area contributed by atoms with Gasteiger partial charge in [-0.2, -0.15) is 5.10 Å². The Hall–Kier alpha value is -2.60. The molecule has 1 aromatic carbocycles. The van der Waals surface area contributed by atoms with E-state index in [-0.39, 0.29) is 18.2 Å². The van der Waals surface area contributed by atoms with Crippen molar-refractivity contribution in [2.75, 3.05) is 11.5 Å². The van der Waals surface area contributed by atoms with Gasteiger partial charge >= 0.3 is 0 Å². The molecule has 3 N–H and O–H groups in total. The van der Waals surface area contributed by atoms with Crippen LogP contribution in [-0.4, -0.2) is 38.6 Å². The minimum atomic E-state index is -0.198. The third-order valence-corrected chi connectivity index (χ3v) is 5.25. The SMILES string of the molecule is Cc1ccc2c(C3C=Nc4[nH]ccc4N3C3(CO)CC3)[nH]nc2c1. The van der Waals surface area contributed by atoms with Crippen LogP contribution in [-0.2, 0) is 0 Å². The number of hydrogen-bond donors (Lipinski definition) is 3. The second-order valence-electron chi connectivity index (χ2n) is 6.84. The monoisotopic (exact) mass is 321 g/mol. The maximum Gasteiger partial charge on any atom is 0.153 e. The zero-order valence-corrected chi connectivity index (χ0v) is 13.5. The number of aromatic nitrogens is 3. The lowest BCUT2D eigenvalue weighted by molar-refractivity contribution is 0.246. The minimum absolute atomic E-state index is 0.0596. The lowest BCUT2D eigenvalue weighted by atomic mass is 10.0. The number of aliphatic imine (C=N–C) groups is 1. The zero-order chi connectivity index (χ0) is 16.3. The largest absolute Gasteiger partial charge is 0.394 e. The predicted octanol–water partition coefficient (Wildman–Crippen LogP) is 2.99. The van der Waals surface area contributed by atoms with Crippen molar-refractivity contribution in [2.45, 2.75) is 31.3 Å². The van der Waals surface area contributed by atoms with Gasteiger partial charge in [-0.1, -0.05) is 12.1 Å².